The van der Waals surface area contributed by atoms with Crippen molar-refractivity contribution in [3.05, 3.63) is 36.9 Å². The Morgan fingerprint density at radius 2 is 2.11 bits per heavy atom. The number of amides is 1. The lowest BCUT2D eigenvalue weighted by atomic mass is 10.2. The van der Waals surface area contributed by atoms with Crippen molar-refractivity contribution in [2.75, 3.05) is 11.9 Å². The minimum Gasteiger partial charge on any atom is -0.396 e. The molecule has 0 aliphatic rings. The van der Waals surface area contributed by atoms with Gasteiger partial charge in [0.25, 0.3) is 0 Å². The second-order valence-electron chi connectivity index (χ2n) is 3.76. The quantitative estimate of drug-likeness (QED) is 0.824. The summed E-state index contributed by atoms with van der Waals surface area (Å²) in [4.78, 5) is 15.3. The Bertz CT molecular complexity index is 493. The fourth-order valence-electron chi connectivity index (χ4n) is 1.50. The lowest BCUT2D eigenvalue weighted by molar-refractivity contribution is -0.116. The van der Waals surface area contributed by atoms with E-state index in [0.29, 0.717) is 12.8 Å². The highest BCUT2D eigenvalue weighted by atomic mass is 16.3. The molecule has 0 atom stereocenters. The van der Waals surface area contributed by atoms with Crippen molar-refractivity contribution < 1.29 is 9.90 Å². The fraction of sp³-hybridized carbons (Fsp3) is 0.250. The average molecular weight is 246 g/mol. The zero-order valence-corrected chi connectivity index (χ0v) is 9.78. The zero-order valence-electron chi connectivity index (χ0n) is 9.78. The highest BCUT2D eigenvalue weighted by molar-refractivity contribution is 5.90. The molecule has 2 rings (SSSR count). The number of nitrogens with one attached hydrogen (secondary N) is 1. The van der Waals surface area contributed by atoms with Gasteiger partial charge in [0.15, 0.2) is 0 Å². The number of nitrogens with zero attached hydrogens (tertiary/aromatic N) is 3. The summed E-state index contributed by atoms with van der Waals surface area (Å²) in [6.07, 6.45) is 3.86. The molecule has 2 aromatic rings. The summed E-state index contributed by atoms with van der Waals surface area (Å²) >= 11 is 0. The molecule has 0 fully saturated rings. The Balaban J connectivity index is 1.98. The van der Waals surface area contributed by atoms with E-state index in [1.54, 1.807) is 23.1 Å². The summed E-state index contributed by atoms with van der Waals surface area (Å²) < 4.78 is 1.64. The zero-order chi connectivity index (χ0) is 12.8. The minimum atomic E-state index is -0.0995. The standard InChI is InChI=1S/C12H14N4O2/c17-7-1-2-12(18)15-10-3-5-11(6-4-10)16-9-13-8-14-16/h3-6,8-9,17H,1-2,7H2,(H,15,18). The third-order valence-corrected chi connectivity index (χ3v) is 2.40. The van der Waals surface area contributed by atoms with Crippen LogP contribution >= 0.6 is 0 Å². The molecule has 0 aliphatic heterocycles. The number of hydrogen-bond donors (Lipinski definition) is 2. The molecule has 0 spiro atoms. The number of hydrogen-bond acceptors (Lipinski definition) is 4. The maximum absolute atomic E-state index is 11.4. The highest BCUT2D eigenvalue weighted by Crippen LogP contribution is 2.12. The van der Waals surface area contributed by atoms with Gasteiger partial charge in [0.1, 0.15) is 12.7 Å². The number of benzene rings is 1. The largest absolute Gasteiger partial charge is 0.396 e. The van der Waals surface area contributed by atoms with E-state index < -0.39 is 0 Å². The van der Waals surface area contributed by atoms with Crippen molar-refractivity contribution in [2.24, 2.45) is 0 Å². The van der Waals surface area contributed by atoms with Gasteiger partial charge in [-0.3, -0.25) is 4.79 Å². The summed E-state index contributed by atoms with van der Waals surface area (Å²) in [5.41, 5.74) is 1.60. The van der Waals surface area contributed by atoms with E-state index >= 15 is 0 Å². The second-order valence-corrected chi connectivity index (χ2v) is 3.76. The Hall–Kier alpha value is -2.21. The first-order chi connectivity index (χ1) is 8.79. The van der Waals surface area contributed by atoms with E-state index in [1.165, 1.54) is 6.33 Å². The Kier molecular flexibility index (Phi) is 4.03. The molecule has 0 radical (unpaired) electrons. The number of aliphatic hydroxyl groups excluding tert-OH is 1. The molecule has 0 aliphatic carbocycles. The second kappa shape index (κ2) is 5.92. The normalized spacial score (nSPS) is 10.3. The van der Waals surface area contributed by atoms with Crippen molar-refractivity contribution in [3.63, 3.8) is 0 Å². The molecular weight excluding hydrogens is 232 g/mol. The van der Waals surface area contributed by atoms with Gasteiger partial charge in [0, 0.05) is 18.7 Å². The molecule has 18 heavy (non-hydrogen) atoms. The SMILES string of the molecule is O=C(CCCO)Nc1ccc(-n2cncn2)cc1. The fourth-order valence-corrected chi connectivity index (χ4v) is 1.50. The van der Waals surface area contributed by atoms with E-state index in [4.69, 9.17) is 5.11 Å². The lowest BCUT2D eigenvalue weighted by Crippen LogP contribution is -2.11. The third kappa shape index (κ3) is 3.14. The molecule has 94 valence electrons. The topological polar surface area (TPSA) is 80.0 Å². The van der Waals surface area contributed by atoms with Gasteiger partial charge in [-0.1, -0.05) is 0 Å². The molecule has 1 amide bonds. The van der Waals surface area contributed by atoms with Crippen molar-refractivity contribution in [3.8, 4) is 5.69 Å². The molecule has 0 unspecified atom stereocenters. The predicted molar refractivity (Wildman–Crippen MR) is 66.3 cm³/mol. The van der Waals surface area contributed by atoms with E-state index in [0.717, 1.165) is 11.4 Å². The smallest absolute Gasteiger partial charge is 0.224 e. The number of carbonyl (C=O) groups excluding carboxylic acids is 1. The maximum Gasteiger partial charge on any atom is 0.224 e. The highest BCUT2D eigenvalue weighted by Gasteiger charge is 2.02. The Morgan fingerprint density at radius 3 is 2.72 bits per heavy atom. The minimum absolute atomic E-state index is 0.0264. The van der Waals surface area contributed by atoms with Crippen molar-refractivity contribution in [1.29, 1.82) is 0 Å². The first-order valence-electron chi connectivity index (χ1n) is 5.65. The van der Waals surface area contributed by atoms with E-state index in [2.05, 4.69) is 15.4 Å². The lowest BCUT2D eigenvalue weighted by Gasteiger charge is -2.06. The Labute approximate surface area is 104 Å². The summed E-state index contributed by atoms with van der Waals surface area (Å²) in [6.45, 7) is 0.0264. The molecule has 6 heteroatoms. The van der Waals surface area contributed by atoms with E-state index in [-0.39, 0.29) is 12.5 Å². The van der Waals surface area contributed by atoms with Gasteiger partial charge >= 0.3 is 0 Å². The monoisotopic (exact) mass is 246 g/mol. The number of aliphatic hydroxyl groups is 1. The first-order valence-corrected chi connectivity index (χ1v) is 5.65. The van der Waals surface area contributed by atoms with Crippen LogP contribution in [0, 0.1) is 0 Å². The van der Waals surface area contributed by atoms with Gasteiger partial charge in [0.05, 0.1) is 5.69 Å². The van der Waals surface area contributed by atoms with Crippen LogP contribution in [0.2, 0.25) is 0 Å². The molecule has 0 saturated heterocycles. The van der Waals surface area contributed by atoms with Crippen LogP contribution in [0.15, 0.2) is 36.9 Å². The number of carbonyl (C=O) groups is 1. The molecule has 0 bridgehead atoms. The van der Waals surface area contributed by atoms with Crippen LogP contribution in [-0.4, -0.2) is 32.4 Å². The van der Waals surface area contributed by atoms with Crippen LogP contribution in [0.5, 0.6) is 0 Å². The van der Waals surface area contributed by atoms with Crippen LogP contribution in [0.3, 0.4) is 0 Å². The van der Waals surface area contributed by atoms with Gasteiger partial charge in [-0.25, -0.2) is 9.67 Å². The maximum atomic E-state index is 11.4. The number of anilines is 1. The van der Waals surface area contributed by atoms with Crippen LogP contribution in [-0.2, 0) is 4.79 Å². The van der Waals surface area contributed by atoms with Crippen molar-refractivity contribution in [2.45, 2.75) is 12.8 Å². The summed E-state index contributed by atoms with van der Waals surface area (Å²) in [6, 6.07) is 7.29. The Morgan fingerprint density at radius 1 is 1.33 bits per heavy atom. The van der Waals surface area contributed by atoms with Crippen LogP contribution in [0.4, 0.5) is 5.69 Å². The van der Waals surface area contributed by atoms with Crippen LogP contribution < -0.4 is 5.32 Å². The summed E-state index contributed by atoms with van der Waals surface area (Å²) in [7, 11) is 0. The molecule has 6 nitrogen and oxygen atoms in total. The van der Waals surface area contributed by atoms with Gasteiger partial charge in [-0.15, -0.1) is 0 Å². The third-order valence-electron chi connectivity index (χ3n) is 2.40. The number of aromatic nitrogens is 3. The van der Waals surface area contributed by atoms with E-state index in [1.807, 2.05) is 12.1 Å². The molecule has 2 N–H and O–H groups in total. The summed E-state index contributed by atoms with van der Waals surface area (Å²) in [5, 5.41) is 15.4. The van der Waals surface area contributed by atoms with Gasteiger partial charge in [0.2, 0.25) is 5.91 Å². The van der Waals surface area contributed by atoms with Crippen LogP contribution in [0.25, 0.3) is 5.69 Å². The molecule has 1 heterocycles. The van der Waals surface area contributed by atoms with E-state index in [9.17, 15) is 4.79 Å². The average Bonchev–Trinajstić information content (AvgIpc) is 2.91. The van der Waals surface area contributed by atoms with Crippen LogP contribution in [0.1, 0.15) is 12.8 Å². The molecule has 0 saturated carbocycles. The molecular formula is C12H14N4O2. The van der Waals surface area contributed by atoms with Gasteiger partial charge < -0.3 is 10.4 Å². The summed E-state index contributed by atoms with van der Waals surface area (Å²) in [5.74, 6) is -0.0995. The number of rotatable bonds is 5. The van der Waals surface area contributed by atoms with Crippen molar-refractivity contribution >= 4 is 11.6 Å². The molecule has 1 aromatic heterocycles. The molecule has 1 aromatic carbocycles. The first kappa shape index (κ1) is 12.3. The predicted octanol–water partition coefficient (Wildman–Crippen LogP) is 0.978. The van der Waals surface area contributed by atoms with Gasteiger partial charge in [-0.05, 0) is 30.7 Å². The van der Waals surface area contributed by atoms with Crippen molar-refractivity contribution in [1.82, 2.24) is 14.8 Å². The van der Waals surface area contributed by atoms with Gasteiger partial charge in [-0.2, -0.15) is 5.10 Å².